The lowest BCUT2D eigenvalue weighted by Gasteiger charge is -2.25. The van der Waals surface area contributed by atoms with Gasteiger partial charge < -0.3 is 10.6 Å². The number of rotatable bonds is 5. The van der Waals surface area contributed by atoms with Crippen LogP contribution in [0.3, 0.4) is 0 Å². The Hall–Kier alpha value is -1.88. The zero-order valence-corrected chi connectivity index (χ0v) is 13.4. The van der Waals surface area contributed by atoms with Gasteiger partial charge in [0.15, 0.2) is 0 Å². The summed E-state index contributed by atoms with van der Waals surface area (Å²) in [5, 5.41) is 5.72. The van der Waals surface area contributed by atoms with E-state index in [4.69, 9.17) is 0 Å². The maximum absolute atomic E-state index is 12.1. The van der Waals surface area contributed by atoms with Gasteiger partial charge in [-0.15, -0.1) is 0 Å². The molecule has 5 heteroatoms. The third kappa shape index (κ3) is 5.15. The first-order valence-corrected chi connectivity index (χ1v) is 7.98. The smallest absolute Gasteiger partial charge is 0.251 e. The van der Waals surface area contributed by atoms with Gasteiger partial charge in [0.1, 0.15) is 0 Å². The Morgan fingerprint density at radius 3 is 2.59 bits per heavy atom. The number of hydrogen-bond donors (Lipinski definition) is 2. The number of likely N-dealkylation sites (tertiary alicyclic amines) is 1. The van der Waals surface area contributed by atoms with Crippen LogP contribution in [0, 0.1) is 0 Å². The van der Waals surface area contributed by atoms with Gasteiger partial charge in [0.25, 0.3) is 5.91 Å². The van der Waals surface area contributed by atoms with Gasteiger partial charge in [-0.1, -0.05) is 12.5 Å². The number of anilines is 1. The summed E-state index contributed by atoms with van der Waals surface area (Å²) < 4.78 is 0. The van der Waals surface area contributed by atoms with E-state index in [-0.39, 0.29) is 17.9 Å². The predicted molar refractivity (Wildman–Crippen MR) is 88.0 cm³/mol. The van der Waals surface area contributed by atoms with Gasteiger partial charge in [0.2, 0.25) is 5.91 Å². The Kier molecular flexibility index (Phi) is 5.95. The van der Waals surface area contributed by atoms with Crippen LogP contribution < -0.4 is 10.6 Å². The highest BCUT2D eigenvalue weighted by Crippen LogP contribution is 2.12. The summed E-state index contributed by atoms with van der Waals surface area (Å²) in [6, 6.07) is 7.14. The number of benzene rings is 1. The Balaban J connectivity index is 1.91. The molecular formula is C17H25N3O2. The number of nitrogens with zero attached hydrogens (tertiary/aromatic N) is 1. The molecular weight excluding hydrogens is 278 g/mol. The fraction of sp³-hybridized carbons (Fsp3) is 0.529. The van der Waals surface area contributed by atoms with Crippen LogP contribution in [-0.4, -0.2) is 42.4 Å². The number of piperidine rings is 1. The molecule has 1 fully saturated rings. The Morgan fingerprint density at radius 1 is 1.18 bits per heavy atom. The van der Waals surface area contributed by atoms with Gasteiger partial charge in [0.05, 0.1) is 6.54 Å². The normalized spacial score (nSPS) is 15.6. The van der Waals surface area contributed by atoms with Gasteiger partial charge in [-0.2, -0.15) is 0 Å². The first-order chi connectivity index (χ1) is 10.5. The van der Waals surface area contributed by atoms with Crippen molar-refractivity contribution in [3.63, 3.8) is 0 Å². The molecule has 1 aliphatic heterocycles. The van der Waals surface area contributed by atoms with Crippen molar-refractivity contribution >= 4 is 17.5 Å². The third-order valence-corrected chi connectivity index (χ3v) is 3.64. The van der Waals surface area contributed by atoms with Gasteiger partial charge in [-0.05, 0) is 58.0 Å². The number of hydrogen-bond acceptors (Lipinski definition) is 3. The quantitative estimate of drug-likeness (QED) is 0.877. The fourth-order valence-corrected chi connectivity index (χ4v) is 2.60. The lowest BCUT2D eigenvalue weighted by atomic mass is 10.1. The summed E-state index contributed by atoms with van der Waals surface area (Å²) in [6.45, 7) is 6.24. The van der Waals surface area contributed by atoms with Crippen molar-refractivity contribution in [1.82, 2.24) is 10.2 Å². The van der Waals surface area contributed by atoms with E-state index in [0.29, 0.717) is 17.8 Å². The van der Waals surface area contributed by atoms with Gasteiger partial charge in [0, 0.05) is 17.3 Å². The molecule has 0 atom stereocenters. The number of nitrogens with one attached hydrogen (secondary N) is 2. The Labute approximate surface area is 132 Å². The van der Waals surface area contributed by atoms with Crippen molar-refractivity contribution in [2.75, 3.05) is 25.0 Å². The summed E-state index contributed by atoms with van der Waals surface area (Å²) in [6.07, 6.45) is 3.58. The topological polar surface area (TPSA) is 61.4 Å². The van der Waals surface area contributed by atoms with Crippen LogP contribution in [0.1, 0.15) is 43.5 Å². The molecule has 1 aromatic rings. The molecule has 2 rings (SSSR count). The molecule has 0 aromatic heterocycles. The minimum absolute atomic E-state index is 0.0247. The molecule has 120 valence electrons. The molecule has 1 aromatic carbocycles. The van der Waals surface area contributed by atoms with Gasteiger partial charge in [-0.25, -0.2) is 0 Å². The molecule has 1 heterocycles. The van der Waals surface area contributed by atoms with Crippen molar-refractivity contribution in [3.8, 4) is 0 Å². The number of carbonyl (C=O) groups is 2. The summed E-state index contributed by atoms with van der Waals surface area (Å²) >= 11 is 0. The van der Waals surface area contributed by atoms with Crippen LogP contribution in [0.5, 0.6) is 0 Å². The molecule has 0 saturated carbocycles. The van der Waals surface area contributed by atoms with Gasteiger partial charge >= 0.3 is 0 Å². The average molecular weight is 303 g/mol. The van der Waals surface area contributed by atoms with Crippen molar-refractivity contribution in [3.05, 3.63) is 29.8 Å². The molecule has 0 unspecified atom stereocenters. The lowest BCUT2D eigenvalue weighted by Crippen LogP contribution is -2.36. The SMILES string of the molecule is CC(C)NC(=O)c1cccc(NC(=O)CN2CCCCC2)c1. The van der Waals surface area contributed by atoms with Crippen LogP contribution >= 0.6 is 0 Å². The molecule has 0 spiro atoms. The van der Waals surface area contributed by atoms with E-state index in [9.17, 15) is 9.59 Å². The minimum atomic E-state index is -0.123. The summed E-state index contributed by atoms with van der Waals surface area (Å²) in [4.78, 5) is 26.2. The minimum Gasteiger partial charge on any atom is -0.350 e. The first kappa shape index (κ1) is 16.5. The van der Waals surface area contributed by atoms with E-state index in [1.165, 1.54) is 6.42 Å². The van der Waals surface area contributed by atoms with Crippen molar-refractivity contribution in [2.45, 2.75) is 39.2 Å². The lowest BCUT2D eigenvalue weighted by molar-refractivity contribution is -0.117. The van der Waals surface area contributed by atoms with Crippen LogP contribution in [0.2, 0.25) is 0 Å². The molecule has 1 saturated heterocycles. The number of amides is 2. The molecule has 5 nitrogen and oxygen atoms in total. The molecule has 2 N–H and O–H groups in total. The molecule has 1 aliphatic rings. The highest BCUT2D eigenvalue weighted by molar-refractivity contribution is 5.97. The van der Waals surface area contributed by atoms with Crippen molar-refractivity contribution in [1.29, 1.82) is 0 Å². The summed E-state index contributed by atoms with van der Waals surface area (Å²) in [5.74, 6) is -0.148. The van der Waals surface area contributed by atoms with E-state index in [2.05, 4.69) is 15.5 Å². The zero-order chi connectivity index (χ0) is 15.9. The molecule has 0 aliphatic carbocycles. The van der Waals surface area contributed by atoms with Crippen LogP contribution in [0.4, 0.5) is 5.69 Å². The van der Waals surface area contributed by atoms with Crippen LogP contribution in [0.15, 0.2) is 24.3 Å². The molecule has 2 amide bonds. The summed E-state index contributed by atoms with van der Waals surface area (Å²) in [7, 11) is 0. The largest absolute Gasteiger partial charge is 0.350 e. The summed E-state index contributed by atoms with van der Waals surface area (Å²) in [5.41, 5.74) is 1.22. The highest BCUT2D eigenvalue weighted by atomic mass is 16.2. The molecule has 22 heavy (non-hydrogen) atoms. The van der Waals surface area contributed by atoms with Crippen molar-refractivity contribution in [2.24, 2.45) is 0 Å². The first-order valence-electron chi connectivity index (χ1n) is 7.98. The monoisotopic (exact) mass is 303 g/mol. The molecule has 0 bridgehead atoms. The van der Waals surface area contributed by atoms with Gasteiger partial charge in [-0.3, -0.25) is 14.5 Å². The van der Waals surface area contributed by atoms with Crippen molar-refractivity contribution < 1.29 is 9.59 Å². The average Bonchev–Trinajstić information content (AvgIpc) is 2.47. The van der Waals surface area contributed by atoms with Crippen LogP contribution in [-0.2, 0) is 4.79 Å². The Bertz CT molecular complexity index is 522. The Morgan fingerprint density at radius 2 is 1.91 bits per heavy atom. The highest BCUT2D eigenvalue weighted by Gasteiger charge is 2.14. The van der Waals surface area contributed by atoms with E-state index in [1.54, 1.807) is 24.3 Å². The zero-order valence-electron chi connectivity index (χ0n) is 13.4. The number of carbonyl (C=O) groups excluding carboxylic acids is 2. The second kappa shape index (κ2) is 7.94. The maximum Gasteiger partial charge on any atom is 0.251 e. The fourth-order valence-electron chi connectivity index (χ4n) is 2.60. The van der Waals surface area contributed by atoms with Crippen LogP contribution in [0.25, 0.3) is 0 Å². The predicted octanol–water partition coefficient (Wildman–Crippen LogP) is 2.25. The maximum atomic E-state index is 12.1. The standard InChI is InChI=1S/C17H25N3O2/c1-13(2)18-17(22)14-7-6-8-15(11-14)19-16(21)12-20-9-4-3-5-10-20/h6-8,11,13H,3-5,9-10,12H2,1-2H3,(H,18,22)(H,19,21). The molecule has 0 radical (unpaired) electrons. The van der Waals surface area contributed by atoms with E-state index >= 15 is 0 Å². The van der Waals surface area contributed by atoms with E-state index in [1.807, 2.05) is 13.8 Å². The second-order valence-electron chi connectivity index (χ2n) is 6.09. The third-order valence-electron chi connectivity index (χ3n) is 3.64. The van der Waals surface area contributed by atoms with E-state index in [0.717, 1.165) is 25.9 Å². The van der Waals surface area contributed by atoms with E-state index < -0.39 is 0 Å². The second-order valence-corrected chi connectivity index (χ2v) is 6.09.